The summed E-state index contributed by atoms with van der Waals surface area (Å²) >= 11 is 0. The maximum atomic E-state index is 12.9. The molecule has 0 aliphatic heterocycles. The van der Waals surface area contributed by atoms with Crippen LogP contribution in [0.5, 0.6) is 0 Å². The van der Waals surface area contributed by atoms with E-state index < -0.39 is 0 Å². The highest BCUT2D eigenvalue weighted by Gasteiger charge is 2.11. The molecule has 0 saturated heterocycles. The lowest BCUT2D eigenvalue weighted by Crippen LogP contribution is -2.27. The summed E-state index contributed by atoms with van der Waals surface area (Å²) in [6, 6.07) is 16.8. The third-order valence-electron chi connectivity index (χ3n) is 3.99. The molecule has 140 valence electrons. The van der Waals surface area contributed by atoms with Crippen LogP contribution in [0.25, 0.3) is 0 Å². The standard InChI is InChI=1S/C21H18FN5O/c1-14-25-19(21(28)24-11-10-15-6-8-17(22)9-7-15)12-20(26-14)27-18-5-3-2-4-16(18)13-23/h2-9,12H,10-11H2,1H3,(H,24,28)(H,25,26,27). The molecule has 2 aromatic carbocycles. The fourth-order valence-corrected chi connectivity index (χ4v) is 2.64. The molecule has 0 aliphatic carbocycles. The minimum Gasteiger partial charge on any atom is -0.350 e. The molecule has 28 heavy (non-hydrogen) atoms. The van der Waals surface area contributed by atoms with Gasteiger partial charge in [0.05, 0.1) is 11.3 Å². The summed E-state index contributed by atoms with van der Waals surface area (Å²) in [5.74, 6) is 0.244. The van der Waals surface area contributed by atoms with Crippen molar-refractivity contribution in [2.45, 2.75) is 13.3 Å². The summed E-state index contributed by atoms with van der Waals surface area (Å²) < 4.78 is 12.9. The Hall–Kier alpha value is -3.79. The number of benzene rings is 2. The monoisotopic (exact) mass is 375 g/mol. The summed E-state index contributed by atoms with van der Waals surface area (Å²) in [5, 5.41) is 15.0. The molecule has 0 spiro atoms. The highest BCUT2D eigenvalue weighted by Crippen LogP contribution is 2.19. The van der Waals surface area contributed by atoms with Crippen LogP contribution in [0.3, 0.4) is 0 Å². The molecular weight excluding hydrogens is 357 g/mol. The van der Waals surface area contributed by atoms with Gasteiger partial charge >= 0.3 is 0 Å². The number of nitrogens with one attached hydrogen (secondary N) is 2. The topological polar surface area (TPSA) is 90.7 Å². The van der Waals surface area contributed by atoms with Gasteiger partial charge in [0, 0.05) is 12.6 Å². The van der Waals surface area contributed by atoms with Crippen molar-refractivity contribution < 1.29 is 9.18 Å². The van der Waals surface area contributed by atoms with Crippen molar-refractivity contribution in [1.29, 1.82) is 5.26 Å². The molecule has 1 heterocycles. The number of hydrogen-bond donors (Lipinski definition) is 2. The van der Waals surface area contributed by atoms with Crippen LogP contribution in [0.1, 0.15) is 27.4 Å². The number of halogens is 1. The number of carbonyl (C=O) groups is 1. The van der Waals surface area contributed by atoms with Crippen molar-refractivity contribution in [2.75, 3.05) is 11.9 Å². The average Bonchev–Trinajstić information content (AvgIpc) is 2.69. The van der Waals surface area contributed by atoms with Crippen LogP contribution < -0.4 is 10.6 Å². The van der Waals surface area contributed by atoms with Crippen molar-refractivity contribution in [3.05, 3.63) is 83.1 Å². The van der Waals surface area contributed by atoms with E-state index in [1.165, 1.54) is 18.2 Å². The first kappa shape index (κ1) is 19.0. The van der Waals surface area contributed by atoms with Crippen LogP contribution in [0.15, 0.2) is 54.6 Å². The SMILES string of the molecule is Cc1nc(Nc2ccccc2C#N)cc(C(=O)NCCc2ccc(F)cc2)n1. The van der Waals surface area contributed by atoms with Gasteiger partial charge in [0.15, 0.2) is 0 Å². The van der Waals surface area contributed by atoms with E-state index in [0.717, 1.165) is 5.56 Å². The van der Waals surface area contributed by atoms with Gasteiger partial charge in [-0.2, -0.15) is 5.26 Å². The normalized spacial score (nSPS) is 10.2. The summed E-state index contributed by atoms with van der Waals surface area (Å²) in [5.41, 5.74) is 2.23. The molecule has 0 saturated carbocycles. The molecule has 0 aliphatic rings. The van der Waals surface area contributed by atoms with E-state index in [9.17, 15) is 14.4 Å². The largest absolute Gasteiger partial charge is 0.350 e. The Labute approximate surface area is 162 Å². The number of hydrogen-bond acceptors (Lipinski definition) is 5. The molecule has 3 aromatic rings. The highest BCUT2D eigenvalue weighted by molar-refractivity contribution is 5.93. The molecule has 3 rings (SSSR count). The number of rotatable bonds is 6. The van der Waals surface area contributed by atoms with Crippen LogP contribution >= 0.6 is 0 Å². The lowest BCUT2D eigenvalue weighted by molar-refractivity contribution is 0.0949. The summed E-state index contributed by atoms with van der Waals surface area (Å²) in [7, 11) is 0. The fourth-order valence-electron chi connectivity index (χ4n) is 2.64. The van der Waals surface area contributed by atoms with Crippen LogP contribution in [0.4, 0.5) is 15.9 Å². The maximum Gasteiger partial charge on any atom is 0.270 e. The second kappa shape index (κ2) is 8.73. The first-order chi connectivity index (χ1) is 13.5. The van der Waals surface area contributed by atoms with Crippen molar-refractivity contribution in [3.8, 4) is 6.07 Å². The van der Waals surface area contributed by atoms with Crippen molar-refractivity contribution in [1.82, 2.24) is 15.3 Å². The fraction of sp³-hybridized carbons (Fsp3) is 0.143. The van der Waals surface area contributed by atoms with Gasteiger partial charge in [-0.1, -0.05) is 24.3 Å². The summed E-state index contributed by atoms with van der Waals surface area (Å²) in [6.45, 7) is 2.09. The zero-order chi connectivity index (χ0) is 19.9. The Morgan fingerprint density at radius 3 is 2.64 bits per heavy atom. The van der Waals surface area contributed by atoms with Gasteiger partial charge in [0.25, 0.3) is 5.91 Å². The van der Waals surface area contributed by atoms with Gasteiger partial charge in [-0.15, -0.1) is 0 Å². The van der Waals surface area contributed by atoms with Crippen molar-refractivity contribution in [2.24, 2.45) is 0 Å². The van der Waals surface area contributed by atoms with Crippen LogP contribution in [0, 0.1) is 24.1 Å². The zero-order valence-corrected chi connectivity index (χ0v) is 15.2. The number of nitrogens with zero attached hydrogens (tertiary/aromatic N) is 3. The molecular formula is C21H18FN5O. The molecule has 0 unspecified atom stereocenters. The molecule has 2 N–H and O–H groups in total. The second-order valence-corrected chi connectivity index (χ2v) is 6.10. The Morgan fingerprint density at radius 2 is 1.89 bits per heavy atom. The Balaban J connectivity index is 1.67. The highest BCUT2D eigenvalue weighted by atomic mass is 19.1. The lowest BCUT2D eigenvalue weighted by Gasteiger charge is -2.10. The zero-order valence-electron chi connectivity index (χ0n) is 15.2. The number of anilines is 2. The maximum absolute atomic E-state index is 12.9. The van der Waals surface area contributed by atoms with Crippen LogP contribution in [-0.4, -0.2) is 22.4 Å². The summed E-state index contributed by atoms with van der Waals surface area (Å²) in [6.07, 6.45) is 0.580. The smallest absolute Gasteiger partial charge is 0.270 e. The molecule has 1 aromatic heterocycles. The van der Waals surface area contributed by atoms with Crippen LogP contribution in [-0.2, 0) is 6.42 Å². The predicted molar refractivity (Wildman–Crippen MR) is 104 cm³/mol. The molecule has 0 radical (unpaired) electrons. The number of carbonyl (C=O) groups excluding carboxylic acids is 1. The van der Waals surface area contributed by atoms with E-state index in [1.54, 1.807) is 43.3 Å². The summed E-state index contributed by atoms with van der Waals surface area (Å²) in [4.78, 5) is 20.9. The molecule has 0 atom stereocenters. The lowest BCUT2D eigenvalue weighted by atomic mass is 10.1. The number of nitriles is 1. The Kier molecular flexibility index (Phi) is 5.92. The van der Waals surface area contributed by atoms with Crippen molar-refractivity contribution >= 4 is 17.4 Å². The predicted octanol–water partition coefficient (Wildman–Crippen LogP) is 3.51. The van der Waals surface area contributed by atoms with Gasteiger partial charge in [-0.05, 0) is 43.2 Å². The van der Waals surface area contributed by atoms with E-state index in [4.69, 9.17) is 0 Å². The Bertz CT molecular complexity index is 1030. The molecule has 7 heteroatoms. The number of para-hydroxylation sites is 1. The minimum absolute atomic E-state index is 0.226. The third-order valence-corrected chi connectivity index (χ3v) is 3.99. The van der Waals surface area contributed by atoms with Crippen molar-refractivity contribution in [3.63, 3.8) is 0 Å². The molecule has 0 fully saturated rings. The van der Waals surface area contributed by atoms with Gasteiger partial charge in [-0.25, -0.2) is 14.4 Å². The minimum atomic E-state index is -0.329. The third kappa shape index (κ3) is 4.89. The average molecular weight is 375 g/mol. The molecule has 6 nitrogen and oxygen atoms in total. The number of aromatic nitrogens is 2. The van der Waals surface area contributed by atoms with Gasteiger partial charge < -0.3 is 10.6 Å². The van der Waals surface area contributed by atoms with Gasteiger partial charge in [0.1, 0.15) is 29.2 Å². The Morgan fingerprint density at radius 1 is 1.14 bits per heavy atom. The number of amides is 1. The number of aryl methyl sites for hydroxylation is 1. The van der Waals surface area contributed by atoms with E-state index >= 15 is 0 Å². The molecule has 0 bridgehead atoms. The first-order valence-corrected chi connectivity index (χ1v) is 8.69. The van der Waals surface area contributed by atoms with E-state index in [1.807, 2.05) is 0 Å². The van der Waals surface area contributed by atoms with E-state index in [0.29, 0.717) is 35.9 Å². The second-order valence-electron chi connectivity index (χ2n) is 6.10. The first-order valence-electron chi connectivity index (χ1n) is 8.69. The molecule has 1 amide bonds. The van der Waals surface area contributed by atoms with Gasteiger partial charge in [-0.3, -0.25) is 4.79 Å². The van der Waals surface area contributed by atoms with Gasteiger partial charge in [0.2, 0.25) is 0 Å². The quantitative estimate of drug-likeness (QED) is 0.688. The van der Waals surface area contributed by atoms with E-state index in [-0.39, 0.29) is 17.4 Å². The van der Waals surface area contributed by atoms with Crippen LogP contribution in [0.2, 0.25) is 0 Å². The van der Waals surface area contributed by atoms with E-state index in [2.05, 4.69) is 26.7 Å².